The molecule has 3 saturated heterocycles. The first-order chi connectivity index (χ1) is 14.6. The molecule has 1 amide bonds. The van der Waals surface area contributed by atoms with Crippen LogP contribution in [0.3, 0.4) is 0 Å². The number of thiazole rings is 1. The number of anilines is 1. The van der Waals surface area contributed by atoms with Gasteiger partial charge >= 0.3 is 12.3 Å². The third-order valence-corrected chi connectivity index (χ3v) is 6.57. The van der Waals surface area contributed by atoms with E-state index in [0.717, 1.165) is 0 Å². The van der Waals surface area contributed by atoms with Gasteiger partial charge in [-0.15, -0.1) is 11.3 Å². The number of hydrogen-bond donors (Lipinski definition) is 2. The summed E-state index contributed by atoms with van der Waals surface area (Å²) in [6.07, 6.45) is -4.92. The van der Waals surface area contributed by atoms with E-state index in [4.69, 9.17) is 4.42 Å². The lowest BCUT2D eigenvalue weighted by atomic mass is 9.88. The molecule has 3 aromatic rings. The first-order valence-corrected chi connectivity index (χ1v) is 10.4. The fourth-order valence-electron chi connectivity index (χ4n) is 4.45. The van der Waals surface area contributed by atoms with E-state index >= 15 is 0 Å². The lowest BCUT2D eigenvalue weighted by Gasteiger charge is -2.54. The summed E-state index contributed by atoms with van der Waals surface area (Å²) < 4.78 is 47.8. The molecule has 6 rings (SSSR count). The Labute approximate surface area is 177 Å². The van der Waals surface area contributed by atoms with E-state index in [9.17, 15) is 28.2 Å². The summed E-state index contributed by atoms with van der Waals surface area (Å²) in [5.41, 5.74) is -1.47. The molecule has 2 aromatic heterocycles. The number of halogens is 3. The maximum atomic E-state index is 14.0. The van der Waals surface area contributed by atoms with E-state index in [1.54, 1.807) is 10.3 Å². The second-order valence-corrected chi connectivity index (χ2v) is 8.61. The van der Waals surface area contributed by atoms with E-state index in [0.29, 0.717) is 17.0 Å². The molecule has 3 unspecified atom stereocenters. The number of benzene rings is 1. The molecule has 31 heavy (non-hydrogen) atoms. The zero-order chi connectivity index (χ0) is 22.1. The Morgan fingerprint density at radius 1 is 1.35 bits per heavy atom. The maximum absolute atomic E-state index is 14.0. The van der Waals surface area contributed by atoms with Crippen molar-refractivity contribution in [2.75, 3.05) is 18.0 Å². The monoisotopic (exact) mass is 454 g/mol. The molecule has 0 spiro atoms. The van der Waals surface area contributed by atoms with Crippen molar-refractivity contribution in [2.45, 2.75) is 37.7 Å². The fraction of sp³-hybridized carbons (Fsp3) is 0.421. The molecule has 3 atom stereocenters. The minimum Gasteiger partial charge on any atom is -0.465 e. The highest BCUT2D eigenvalue weighted by atomic mass is 32.1. The molecule has 2 bridgehead atoms. The van der Waals surface area contributed by atoms with Gasteiger partial charge in [0, 0.05) is 24.7 Å². The largest absolute Gasteiger partial charge is 0.465 e. The van der Waals surface area contributed by atoms with Crippen molar-refractivity contribution in [3.05, 3.63) is 28.8 Å². The minimum atomic E-state index is -4.76. The predicted octanol–water partition coefficient (Wildman–Crippen LogP) is 3.96. The summed E-state index contributed by atoms with van der Waals surface area (Å²) >= 11 is 1.23. The van der Waals surface area contributed by atoms with Gasteiger partial charge in [0.05, 0.1) is 29.3 Å². The van der Waals surface area contributed by atoms with Crippen LogP contribution >= 0.6 is 11.3 Å². The highest BCUT2D eigenvalue weighted by Gasteiger charge is 2.49. The molecule has 8 nitrogen and oxygen atoms in total. The van der Waals surface area contributed by atoms with Crippen molar-refractivity contribution < 1.29 is 32.6 Å². The van der Waals surface area contributed by atoms with Crippen LogP contribution in [0.4, 0.5) is 24.0 Å². The molecule has 2 N–H and O–H groups in total. The van der Waals surface area contributed by atoms with Gasteiger partial charge in [-0.2, -0.15) is 18.2 Å². The predicted molar refractivity (Wildman–Crippen MR) is 105 cm³/mol. The smallest absolute Gasteiger partial charge is 0.418 e. The van der Waals surface area contributed by atoms with Gasteiger partial charge in [-0.3, -0.25) is 4.90 Å². The number of hydrogen-bond acceptors (Lipinski definition) is 7. The summed E-state index contributed by atoms with van der Waals surface area (Å²) in [7, 11) is 0. The number of piperidine rings is 1. The summed E-state index contributed by atoms with van der Waals surface area (Å²) in [4.78, 5) is 22.7. The average molecular weight is 454 g/mol. The van der Waals surface area contributed by atoms with Gasteiger partial charge in [0.25, 0.3) is 6.01 Å². The number of alkyl halides is 3. The van der Waals surface area contributed by atoms with Gasteiger partial charge in [0.15, 0.2) is 5.58 Å². The Kier molecular flexibility index (Phi) is 4.42. The van der Waals surface area contributed by atoms with Crippen molar-refractivity contribution in [1.29, 1.82) is 0 Å². The van der Waals surface area contributed by atoms with Crippen molar-refractivity contribution >= 4 is 34.5 Å². The highest BCUT2D eigenvalue weighted by Crippen LogP contribution is 2.45. The molecule has 0 radical (unpaired) electrons. The summed E-state index contributed by atoms with van der Waals surface area (Å²) in [5, 5.41) is 21.5. The van der Waals surface area contributed by atoms with Crippen molar-refractivity contribution in [3.63, 3.8) is 0 Å². The number of amides is 1. The number of aromatic nitrogens is 2. The quantitative estimate of drug-likeness (QED) is 0.617. The van der Waals surface area contributed by atoms with Crippen LogP contribution in [-0.2, 0) is 6.18 Å². The van der Waals surface area contributed by atoms with Crippen LogP contribution < -0.4 is 4.90 Å². The number of aliphatic hydroxyl groups excluding tert-OH is 1. The van der Waals surface area contributed by atoms with E-state index in [2.05, 4.69) is 9.97 Å². The van der Waals surface area contributed by atoms with E-state index in [-0.39, 0.29) is 47.9 Å². The second-order valence-electron chi connectivity index (χ2n) is 7.71. The molecule has 3 aliphatic heterocycles. The van der Waals surface area contributed by atoms with E-state index in [1.165, 1.54) is 35.4 Å². The third kappa shape index (κ3) is 3.12. The van der Waals surface area contributed by atoms with Crippen molar-refractivity contribution in [3.8, 4) is 10.6 Å². The Morgan fingerprint density at radius 3 is 2.61 bits per heavy atom. The first-order valence-electron chi connectivity index (χ1n) is 9.54. The standard InChI is InChI=1S/C19H17F3N4O4S/c1-8(27)11-5-12(16-23-2-3-31-16)15-14(13(11)19(20,21)22)24-17(30-15)25-6-9-4-10(7-25)26(9)18(28)29/h2-3,5,8-10,27H,4,6-7H2,1H3,(H,28,29). The van der Waals surface area contributed by atoms with Crippen LogP contribution in [0.15, 0.2) is 22.1 Å². The van der Waals surface area contributed by atoms with Gasteiger partial charge in [-0.25, -0.2) is 9.78 Å². The molecule has 0 aliphatic carbocycles. The molecule has 5 heterocycles. The maximum Gasteiger partial charge on any atom is 0.418 e. The number of oxazole rings is 1. The second kappa shape index (κ2) is 6.82. The van der Waals surface area contributed by atoms with Crippen LogP contribution in [0.2, 0.25) is 0 Å². The molecule has 0 saturated carbocycles. The third-order valence-electron chi connectivity index (χ3n) is 5.77. The number of carboxylic acid groups (broad SMARTS) is 1. The lowest BCUT2D eigenvalue weighted by molar-refractivity contribution is -0.137. The molecule has 1 aromatic carbocycles. The Bertz CT molecular complexity index is 1150. The number of piperazine rings is 1. The van der Waals surface area contributed by atoms with Crippen molar-refractivity contribution in [2.24, 2.45) is 0 Å². The van der Waals surface area contributed by atoms with Gasteiger partial charge in [-0.1, -0.05) is 0 Å². The SMILES string of the molecule is CC(O)c1cc(-c2nccs2)c2oc(N3CC4CC(C3)N4C(=O)O)nc2c1C(F)(F)F. The van der Waals surface area contributed by atoms with Crippen LogP contribution in [0, 0.1) is 0 Å². The number of aliphatic hydroxyl groups is 1. The van der Waals surface area contributed by atoms with E-state index < -0.39 is 23.9 Å². The number of fused-ring (bicyclic) bond motifs is 3. The normalized spacial score (nSPS) is 22.0. The molecule has 164 valence electrons. The van der Waals surface area contributed by atoms with Crippen LogP contribution in [0.1, 0.15) is 30.6 Å². The number of nitrogens with zero attached hydrogens (tertiary/aromatic N) is 4. The fourth-order valence-corrected chi connectivity index (χ4v) is 5.10. The Morgan fingerprint density at radius 2 is 2.06 bits per heavy atom. The topological polar surface area (TPSA) is 103 Å². The number of rotatable bonds is 3. The van der Waals surface area contributed by atoms with Crippen molar-refractivity contribution in [1.82, 2.24) is 14.9 Å². The Balaban J connectivity index is 1.66. The summed E-state index contributed by atoms with van der Waals surface area (Å²) in [5.74, 6) is 0. The zero-order valence-corrected chi connectivity index (χ0v) is 16.9. The zero-order valence-electron chi connectivity index (χ0n) is 16.1. The van der Waals surface area contributed by atoms with Gasteiger partial charge in [0.2, 0.25) is 0 Å². The summed E-state index contributed by atoms with van der Waals surface area (Å²) in [6.45, 7) is 1.83. The molecule has 12 heteroatoms. The van der Waals surface area contributed by atoms with E-state index in [1.807, 2.05) is 0 Å². The van der Waals surface area contributed by atoms with Crippen LogP contribution in [-0.4, -0.2) is 56.3 Å². The first kappa shape index (κ1) is 20.1. The molecular formula is C19H17F3N4O4S. The average Bonchev–Trinajstić information content (AvgIpc) is 3.35. The highest BCUT2D eigenvalue weighted by molar-refractivity contribution is 7.13. The van der Waals surface area contributed by atoms with Crippen LogP contribution in [0.25, 0.3) is 21.7 Å². The minimum absolute atomic E-state index is 0.000729. The number of carbonyl (C=O) groups is 1. The van der Waals surface area contributed by atoms with Crippen LogP contribution in [0.5, 0.6) is 0 Å². The van der Waals surface area contributed by atoms with Gasteiger partial charge < -0.3 is 19.5 Å². The van der Waals surface area contributed by atoms with Gasteiger partial charge in [-0.05, 0) is 25.0 Å². The Hall–Kier alpha value is -2.86. The summed E-state index contributed by atoms with van der Waals surface area (Å²) in [6, 6.07) is 0.754. The molecular weight excluding hydrogens is 437 g/mol. The molecule has 3 aliphatic rings. The van der Waals surface area contributed by atoms with Gasteiger partial charge in [0.1, 0.15) is 10.5 Å². The lowest BCUT2D eigenvalue weighted by Crippen LogP contribution is -2.70. The molecule has 3 fully saturated rings.